The van der Waals surface area contributed by atoms with Gasteiger partial charge >= 0.3 is 5.97 Å². The molecule has 0 aliphatic heterocycles. The van der Waals surface area contributed by atoms with Crippen LogP contribution in [-0.4, -0.2) is 27.2 Å². The highest BCUT2D eigenvalue weighted by Gasteiger charge is 2.31. The second-order valence-electron chi connectivity index (χ2n) is 5.16. The Kier molecular flexibility index (Phi) is 3.52. The van der Waals surface area contributed by atoms with Gasteiger partial charge in [-0.3, -0.25) is 14.9 Å². The summed E-state index contributed by atoms with van der Waals surface area (Å²) in [6.45, 7) is 0. The molecule has 3 rings (SSSR count). The second-order valence-corrected chi connectivity index (χ2v) is 6.16. The first-order chi connectivity index (χ1) is 9.65. The average molecular weight is 293 g/mol. The molecule has 7 heteroatoms. The Labute approximate surface area is 119 Å². The van der Waals surface area contributed by atoms with Crippen molar-refractivity contribution in [1.29, 1.82) is 0 Å². The fraction of sp³-hybridized carbons (Fsp3) is 0.538. The van der Waals surface area contributed by atoms with Crippen LogP contribution in [-0.2, 0) is 9.59 Å². The minimum Gasteiger partial charge on any atom is -0.481 e. The van der Waals surface area contributed by atoms with E-state index in [9.17, 15) is 9.59 Å². The highest BCUT2D eigenvalue weighted by Crippen LogP contribution is 2.42. The summed E-state index contributed by atoms with van der Waals surface area (Å²) in [7, 11) is 0. The number of nitrogens with one attached hydrogen (secondary N) is 1. The molecule has 0 radical (unpaired) electrons. The number of rotatable bonds is 4. The molecule has 1 atom stereocenters. The molecule has 1 fully saturated rings. The SMILES string of the molecule is O=C(Nc1nnc(C2CC2)s1)C1=CCCCC1C(=O)O. The van der Waals surface area contributed by atoms with Crippen LogP contribution in [0.4, 0.5) is 5.13 Å². The minimum atomic E-state index is -0.943. The summed E-state index contributed by atoms with van der Waals surface area (Å²) < 4.78 is 0. The van der Waals surface area contributed by atoms with Gasteiger partial charge in [-0.2, -0.15) is 0 Å². The van der Waals surface area contributed by atoms with E-state index in [1.165, 1.54) is 11.3 Å². The fourth-order valence-electron chi connectivity index (χ4n) is 2.33. The van der Waals surface area contributed by atoms with Crippen LogP contribution in [0.5, 0.6) is 0 Å². The molecule has 2 aliphatic rings. The van der Waals surface area contributed by atoms with E-state index in [4.69, 9.17) is 5.11 Å². The molecule has 6 nitrogen and oxygen atoms in total. The number of anilines is 1. The smallest absolute Gasteiger partial charge is 0.311 e. The van der Waals surface area contributed by atoms with Gasteiger partial charge in [0.05, 0.1) is 5.92 Å². The summed E-state index contributed by atoms with van der Waals surface area (Å²) in [4.78, 5) is 23.4. The Hall–Kier alpha value is -1.76. The lowest BCUT2D eigenvalue weighted by atomic mass is 9.87. The number of hydrogen-bond donors (Lipinski definition) is 2. The normalized spacial score (nSPS) is 22.2. The van der Waals surface area contributed by atoms with Crippen LogP contribution in [0.2, 0.25) is 0 Å². The molecule has 0 spiro atoms. The molecule has 2 aliphatic carbocycles. The topological polar surface area (TPSA) is 92.2 Å². The third-order valence-electron chi connectivity index (χ3n) is 3.58. The third-order valence-corrected chi connectivity index (χ3v) is 4.59. The second kappa shape index (κ2) is 5.32. The van der Waals surface area contributed by atoms with E-state index in [0.717, 1.165) is 30.7 Å². The maximum absolute atomic E-state index is 12.2. The van der Waals surface area contributed by atoms with Gasteiger partial charge in [-0.1, -0.05) is 17.4 Å². The predicted octanol–water partition coefficient (Wildman–Crippen LogP) is 2.17. The maximum Gasteiger partial charge on any atom is 0.311 e. The van der Waals surface area contributed by atoms with E-state index in [1.807, 2.05) is 0 Å². The Bertz CT molecular complexity index is 577. The molecule has 1 amide bonds. The Morgan fingerprint density at radius 1 is 1.30 bits per heavy atom. The lowest BCUT2D eigenvalue weighted by Gasteiger charge is -2.19. The summed E-state index contributed by atoms with van der Waals surface area (Å²) in [5.41, 5.74) is 0.340. The highest BCUT2D eigenvalue weighted by molar-refractivity contribution is 7.15. The van der Waals surface area contributed by atoms with E-state index in [-0.39, 0.29) is 5.91 Å². The molecule has 0 aromatic carbocycles. The van der Waals surface area contributed by atoms with Gasteiger partial charge in [0.2, 0.25) is 5.13 Å². The van der Waals surface area contributed by atoms with Gasteiger partial charge in [0.25, 0.3) is 5.91 Å². The van der Waals surface area contributed by atoms with Gasteiger partial charge in [-0.15, -0.1) is 10.2 Å². The Morgan fingerprint density at radius 2 is 2.10 bits per heavy atom. The molecule has 20 heavy (non-hydrogen) atoms. The number of amides is 1. The van der Waals surface area contributed by atoms with Gasteiger partial charge in [0.15, 0.2) is 0 Å². The molecular formula is C13H15N3O3S. The Morgan fingerprint density at radius 3 is 2.80 bits per heavy atom. The highest BCUT2D eigenvalue weighted by atomic mass is 32.1. The zero-order valence-corrected chi connectivity index (χ0v) is 11.7. The maximum atomic E-state index is 12.2. The van der Waals surface area contributed by atoms with Crippen LogP contribution < -0.4 is 5.32 Å². The first-order valence-electron chi connectivity index (χ1n) is 6.73. The number of aromatic nitrogens is 2. The van der Waals surface area contributed by atoms with Crippen LogP contribution in [0.15, 0.2) is 11.6 Å². The molecule has 2 N–H and O–H groups in total. The number of nitrogens with zero attached hydrogens (tertiary/aromatic N) is 2. The predicted molar refractivity (Wildman–Crippen MR) is 73.6 cm³/mol. The van der Waals surface area contributed by atoms with E-state index < -0.39 is 11.9 Å². The van der Waals surface area contributed by atoms with Crippen molar-refractivity contribution in [3.63, 3.8) is 0 Å². The third kappa shape index (κ3) is 2.72. The van der Waals surface area contributed by atoms with Crippen molar-refractivity contribution >= 4 is 28.3 Å². The van der Waals surface area contributed by atoms with E-state index in [0.29, 0.717) is 23.0 Å². The van der Waals surface area contributed by atoms with Crippen molar-refractivity contribution < 1.29 is 14.7 Å². The van der Waals surface area contributed by atoms with Crippen molar-refractivity contribution in [2.45, 2.75) is 38.0 Å². The minimum absolute atomic E-state index is 0.340. The molecular weight excluding hydrogens is 278 g/mol. The van der Waals surface area contributed by atoms with E-state index >= 15 is 0 Å². The summed E-state index contributed by atoms with van der Waals surface area (Å²) in [5.74, 6) is -1.52. The van der Waals surface area contributed by atoms with Crippen molar-refractivity contribution in [3.05, 3.63) is 16.7 Å². The molecule has 1 heterocycles. The summed E-state index contributed by atoms with van der Waals surface area (Å²) in [5, 5.41) is 21.2. The van der Waals surface area contributed by atoms with Crippen LogP contribution >= 0.6 is 11.3 Å². The number of aliphatic carboxylic acids is 1. The number of carbonyl (C=O) groups is 2. The molecule has 1 unspecified atom stereocenters. The first kappa shape index (κ1) is 13.2. The quantitative estimate of drug-likeness (QED) is 0.887. The number of carbonyl (C=O) groups excluding carboxylic acids is 1. The number of carboxylic acid groups (broad SMARTS) is 1. The molecule has 0 bridgehead atoms. The van der Waals surface area contributed by atoms with E-state index in [2.05, 4.69) is 15.5 Å². The summed E-state index contributed by atoms with van der Waals surface area (Å²) >= 11 is 1.38. The van der Waals surface area contributed by atoms with Crippen LogP contribution in [0.3, 0.4) is 0 Å². The summed E-state index contributed by atoms with van der Waals surface area (Å²) in [6, 6.07) is 0. The van der Waals surface area contributed by atoms with Crippen LogP contribution in [0.1, 0.15) is 43.0 Å². The van der Waals surface area contributed by atoms with Crippen molar-refractivity contribution in [2.24, 2.45) is 5.92 Å². The lowest BCUT2D eigenvalue weighted by Crippen LogP contribution is -2.27. The first-order valence-corrected chi connectivity index (χ1v) is 7.54. The number of carboxylic acids is 1. The van der Waals surface area contributed by atoms with E-state index in [1.54, 1.807) is 6.08 Å². The van der Waals surface area contributed by atoms with Crippen molar-refractivity contribution in [3.8, 4) is 0 Å². The van der Waals surface area contributed by atoms with Gasteiger partial charge < -0.3 is 5.11 Å². The summed E-state index contributed by atoms with van der Waals surface area (Å²) in [6.07, 6.45) is 6.05. The molecule has 1 aromatic rings. The molecule has 106 valence electrons. The van der Waals surface area contributed by atoms with Crippen LogP contribution in [0.25, 0.3) is 0 Å². The van der Waals surface area contributed by atoms with Gasteiger partial charge in [0, 0.05) is 11.5 Å². The van der Waals surface area contributed by atoms with Gasteiger partial charge in [-0.05, 0) is 32.1 Å². The molecule has 0 saturated heterocycles. The number of allylic oxidation sites excluding steroid dienone is 1. The monoisotopic (exact) mass is 293 g/mol. The zero-order valence-electron chi connectivity index (χ0n) is 10.8. The lowest BCUT2D eigenvalue weighted by molar-refractivity contribution is -0.141. The van der Waals surface area contributed by atoms with Gasteiger partial charge in [-0.25, -0.2) is 0 Å². The largest absolute Gasteiger partial charge is 0.481 e. The van der Waals surface area contributed by atoms with Crippen molar-refractivity contribution in [1.82, 2.24) is 10.2 Å². The van der Waals surface area contributed by atoms with Crippen molar-refractivity contribution in [2.75, 3.05) is 5.32 Å². The van der Waals surface area contributed by atoms with Gasteiger partial charge in [0.1, 0.15) is 5.01 Å². The molecule has 1 saturated carbocycles. The van der Waals surface area contributed by atoms with Crippen LogP contribution in [0, 0.1) is 5.92 Å². The fourth-order valence-corrected chi connectivity index (χ4v) is 3.24. The standard InChI is InChI=1S/C13H15N3O3S/c17-10(8-3-1-2-4-9(8)12(18)19)14-13-16-15-11(20-13)7-5-6-7/h3,7,9H,1-2,4-6H2,(H,18,19)(H,14,16,17). The Balaban J connectivity index is 1.70. The number of hydrogen-bond acceptors (Lipinski definition) is 5. The zero-order chi connectivity index (χ0) is 14.1. The average Bonchev–Trinajstić information content (AvgIpc) is 3.19. The molecule has 1 aromatic heterocycles.